The van der Waals surface area contributed by atoms with Gasteiger partial charge in [-0.25, -0.2) is 0 Å². The Balaban J connectivity index is 4.81. The van der Waals surface area contributed by atoms with Gasteiger partial charge < -0.3 is 19.1 Å². The average molecular weight is 316 g/mol. The van der Waals surface area contributed by atoms with Crippen molar-refractivity contribution in [2.75, 3.05) is 27.7 Å². The molecule has 0 aliphatic carbocycles. The van der Waals surface area contributed by atoms with Gasteiger partial charge in [-0.15, -0.1) is 0 Å². The van der Waals surface area contributed by atoms with E-state index in [1.165, 1.54) is 0 Å². The summed E-state index contributed by atoms with van der Waals surface area (Å²) < 4.78 is 28.4. The van der Waals surface area contributed by atoms with Crippen LogP contribution < -0.4 is 5.11 Å². The number of unbranched alkanes of at least 4 members (excludes halogenated alkanes) is 3. The predicted octanol–water partition coefficient (Wildman–Crippen LogP) is 1.66. The molecule has 0 aliphatic rings. The molecule has 0 amide bonds. The Morgan fingerprint density at radius 1 is 1.27 bits per heavy atom. The number of hydrogen-bond acceptors (Lipinski definition) is 4. The lowest BCUT2D eigenvalue weighted by atomic mass is 10.2. The van der Waals surface area contributed by atoms with E-state index in [2.05, 4.69) is 6.92 Å². The van der Waals surface area contributed by atoms with Crippen molar-refractivity contribution in [3.05, 3.63) is 12.2 Å². The summed E-state index contributed by atoms with van der Waals surface area (Å²) in [7, 11) is 4.96. The van der Waals surface area contributed by atoms with Crippen molar-refractivity contribution < 1.29 is 28.0 Å². The third-order valence-electron chi connectivity index (χ3n) is 2.75. The van der Waals surface area contributed by atoms with E-state index in [-0.39, 0.29) is 17.4 Å². The summed E-state index contributed by atoms with van der Waals surface area (Å²) in [6, 6.07) is 0. The molecule has 0 spiro atoms. The summed E-state index contributed by atoms with van der Waals surface area (Å²) in [5, 5.41) is 11.1. The zero-order valence-electron chi connectivity index (χ0n) is 17.2. The number of carbonyl (C=O) groups is 2. The number of allylic oxidation sites excluding steroid dienone is 2. The van der Waals surface area contributed by atoms with Crippen molar-refractivity contribution in [2.24, 2.45) is 0 Å². The lowest BCUT2D eigenvalue weighted by Gasteiger charge is -2.29. The Bertz CT molecular complexity index is 475. The lowest BCUT2D eigenvalue weighted by molar-refractivity contribution is -0.873. The number of rotatable bonds is 12. The van der Waals surface area contributed by atoms with Crippen LogP contribution in [0.25, 0.3) is 0 Å². The molecular weight excluding hydrogens is 282 g/mol. The van der Waals surface area contributed by atoms with E-state index in [0.29, 0.717) is 6.42 Å². The van der Waals surface area contributed by atoms with E-state index in [0.717, 1.165) is 25.7 Å². The van der Waals surface area contributed by atoms with Crippen LogP contribution in [-0.2, 0) is 14.3 Å². The summed E-state index contributed by atoms with van der Waals surface area (Å²) in [6.45, 7) is 1.79. The second-order valence-electron chi connectivity index (χ2n) is 6.26. The van der Waals surface area contributed by atoms with Gasteiger partial charge >= 0.3 is 5.97 Å². The predicted molar refractivity (Wildman–Crippen MR) is 84.9 cm³/mol. The van der Waals surface area contributed by atoms with Crippen LogP contribution in [0.1, 0.15) is 55.9 Å². The molecule has 5 heteroatoms. The number of esters is 1. The third kappa shape index (κ3) is 13.6. The Morgan fingerprint density at radius 3 is 2.45 bits per heavy atom. The average Bonchev–Trinajstić information content (AvgIpc) is 2.43. The van der Waals surface area contributed by atoms with Gasteiger partial charge in [0.05, 0.1) is 22.5 Å². The van der Waals surface area contributed by atoms with Gasteiger partial charge in [0.2, 0.25) is 0 Å². The van der Waals surface area contributed by atoms with Crippen LogP contribution in [0.3, 0.4) is 0 Å². The number of ether oxygens (including phenoxy) is 1. The van der Waals surface area contributed by atoms with E-state index in [1.807, 2.05) is 12.2 Å². The quantitative estimate of drug-likeness (QED) is 0.238. The Kier molecular flexibility index (Phi) is 7.94. The van der Waals surface area contributed by atoms with Crippen molar-refractivity contribution >= 4 is 11.9 Å². The van der Waals surface area contributed by atoms with Gasteiger partial charge in [-0.05, 0) is 19.3 Å². The van der Waals surface area contributed by atoms with E-state index in [1.54, 1.807) is 21.1 Å². The van der Waals surface area contributed by atoms with Crippen LogP contribution in [-0.4, -0.2) is 50.2 Å². The highest BCUT2D eigenvalue weighted by Crippen LogP contribution is 2.07. The molecule has 22 heavy (non-hydrogen) atoms. The standard InChI is InChI=1S/C17H31NO4/c1-5-6-7-8-9-10-11-12-17(21)22-15(13-16(19)20)14-18(2,3)4/h9-10,15H,5-8,11-14H2,1-4H3/b10-9-/i13D2,15D. The number of carbonyl (C=O) groups excluding carboxylic acids is 2. The maximum atomic E-state index is 12.0. The van der Waals surface area contributed by atoms with E-state index >= 15 is 0 Å². The first kappa shape index (κ1) is 15.5. The molecule has 5 nitrogen and oxygen atoms in total. The fourth-order valence-corrected chi connectivity index (χ4v) is 1.78. The lowest BCUT2D eigenvalue weighted by Crippen LogP contribution is -2.45. The summed E-state index contributed by atoms with van der Waals surface area (Å²) >= 11 is 0. The molecule has 0 bridgehead atoms. The molecule has 0 N–H and O–H groups in total. The molecule has 1 atom stereocenters. The molecule has 0 aromatic heterocycles. The van der Waals surface area contributed by atoms with Gasteiger partial charge in [-0.3, -0.25) is 4.79 Å². The molecule has 0 rings (SSSR count). The van der Waals surface area contributed by atoms with Crippen molar-refractivity contribution in [2.45, 2.75) is 57.9 Å². The minimum absolute atomic E-state index is 0.0365. The molecule has 0 fully saturated rings. The maximum Gasteiger partial charge on any atom is 0.306 e. The first-order valence-corrected chi connectivity index (χ1v) is 7.74. The van der Waals surface area contributed by atoms with Gasteiger partial charge in [0.15, 0.2) is 6.08 Å². The van der Waals surface area contributed by atoms with Gasteiger partial charge in [0.1, 0.15) is 6.54 Å². The molecule has 0 aromatic carbocycles. The first-order valence-electron chi connectivity index (χ1n) is 9.24. The molecule has 1 unspecified atom stereocenters. The molecule has 0 aliphatic heterocycles. The highest BCUT2D eigenvalue weighted by molar-refractivity contribution is 5.71. The molecule has 0 saturated heterocycles. The molecule has 128 valence electrons. The third-order valence-corrected chi connectivity index (χ3v) is 2.75. The Hall–Kier alpha value is -1.36. The van der Waals surface area contributed by atoms with Gasteiger partial charge in [-0.2, -0.15) is 0 Å². The molecular formula is C17H31NO4. The number of nitrogens with zero attached hydrogens (tertiary/aromatic N) is 1. The Labute approximate surface area is 138 Å². The minimum Gasteiger partial charge on any atom is -0.550 e. The Morgan fingerprint density at radius 2 is 1.91 bits per heavy atom. The second kappa shape index (κ2) is 11.2. The van der Waals surface area contributed by atoms with Crippen molar-refractivity contribution in [1.82, 2.24) is 0 Å². The van der Waals surface area contributed by atoms with Gasteiger partial charge in [0, 0.05) is 21.5 Å². The first-order chi connectivity index (χ1) is 11.4. The number of carboxylic acids is 1. The minimum atomic E-state index is -3.12. The fourth-order valence-electron chi connectivity index (χ4n) is 1.78. The largest absolute Gasteiger partial charge is 0.550 e. The maximum absolute atomic E-state index is 12.0. The molecule has 0 heterocycles. The number of hydrogen-bond donors (Lipinski definition) is 0. The van der Waals surface area contributed by atoms with Crippen LogP contribution in [0.2, 0.25) is 0 Å². The smallest absolute Gasteiger partial charge is 0.306 e. The second-order valence-corrected chi connectivity index (χ2v) is 6.26. The number of carboxylic acid groups (broad SMARTS) is 1. The topological polar surface area (TPSA) is 66.4 Å². The number of quaternary nitrogens is 1. The zero-order valence-corrected chi connectivity index (χ0v) is 14.2. The van der Waals surface area contributed by atoms with Crippen molar-refractivity contribution in [3.8, 4) is 0 Å². The normalized spacial score (nSPS) is 17.4. The summed E-state index contributed by atoms with van der Waals surface area (Å²) in [4.78, 5) is 23.1. The van der Waals surface area contributed by atoms with Crippen molar-refractivity contribution in [3.63, 3.8) is 0 Å². The zero-order chi connectivity index (χ0) is 19.7. The fraction of sp³-hybridized carbons (Fsp3) is 0.765. The number of aliphatic carboxylic acids is 1. The summed E-state index contributed by atoms with van der Waals surface area (Å²) in [6.07, 6.45) is 2.80. The highest BCUT2D eigenvalue weighted by atomic mass is 16.5. The summed E-state index contributed by atoms with van der Waals surface area (Å²) in [5.74, 6) is -2.87. The van der Waals surface area contributed by atoms with Crippen LogP contribution in [0, 0.1) is 0 Å². The molecule has 0 radical (unpaired) electrons. The monoisotopic (exact) mass is 316 g/mol. The van der Waals surface area contributed by atoms with Crippen LogP contribution in [0.4, 0.5) is 0 Å². The SMILES string of the molecule is [2H]C(C[N+](C)(C)C)(OC(=O)CC/C=C\CCCCC)C([2H])([2H])C(=O)[O-]. The van der Waals surface area contributed by atoms with Crippen LogP contribution in [0.5, 0.6) is 0 Å². The highest BCUT2D eigenvalue weighted by Gasteiger charge is 2.22. The summed E-state index contributed by atoms with van der Waals surface area (Å²) in [5.41, 5.74) is 0. The molecule has 0 saturated carbocycles. The van der Waals surface area contributed by atoms with Gasteiger partial charge in [-0.1, -0.05) is 31.9 Å². The van der Waals surface area contributed by atoms with Gasteiger partial charge in [0.25, 0.3) is 0 Å². The molecule has 0 aromatic rings. The van der Waals surface area contributed by atoms with Crippen molar-refractivity contribution in [1.29, 1.82) is 0 Å². The van der Waals surface area contributed by atoms with Crippen LogP contribution >= 0.6 is 0 Å². The van der Waals surface area contributed by atoms with E-state index < -0.39 is 24.4 Å². The van der Waals surface area contributed by atoms with E-state index in [9.17, 15) is 14.7 Å². The van der Waals surface area contributed by atoms with Crippen LogP contribution in [0.15, 0.2) is 12.2 Å². The number of likely N-dealkylation sites (N-methyl/N-ethyl adjacent to an activating group) is 1. The van der Waals surface area contributed by atoms with E-state index in [4.69, 9.17) is 8.85 Å².